The summed E-state index contributed by atoms with van der Waals surface area (Å²) in [6, 6.07) is 6.42. The van der Waals surface area contributed by atoms with Gasteiger partial charge in [0.05, 0.1) is 6.61 Å². The van der Waals surface area contributed by atoms with Crippen LogP contribution in [0.5, 0.6) is 5.75 Å². The summed E-state index contributed by atoms with van der Waals surface area (Å²) in [7, 11) is 0. The lowest BCUT2D eigenvalue weighted by Gasteiger charge is -2.32. The van der Waals surface area contributed by atoms with Gasteiger partial charge in [0.2, 0.25) is 0 Å². The molecule has 1 aliphatic heterocycles. The number of hydrogen-bond acceptors (Lipinski definition) is 2. The zero-order valence-corrected chi connectivity index (χ0v) is 13.8. The first-order valence-corrected chi connectivity index (χ1v) is 7.69. The van der Waals surface area contributed by atoms with Gasteiger partial charge in [0.1, 0.15) is 12.0 Å². The normalized spacial score (nSPS) is 18.0. The Bertz CT molecular complexity index is 646. The molecule has 0 amide bonds. The molecule has 2 rings (SSSR count). The van der Waals surface area contributed by atoms with Crippen molar-refractivity contribution in [3.8, 4) is 5.75 Å². The van der Waals surface area contributed by atoms with Crippen molar-refractivity contribution in [3.63, 3.8) is 0 Å². The van der Waals surface area contributed by atoms with Gasteiger partial charge in [-0.1, -0.05) is 38.1 Å². The summed E-state index contributed by atoms with van der Waals surface area (Å²) in [5.74, 6) is 1.01. The number of rotatable bonds is 4. The lowest BCUT2D eigenvalue weighted by Crippen LogP contribution is -2.26. The SMILES string of the molecule is CC(/C=C/C=C(\C)c1ccc2c(c1)C(C)(C)CCO2)=C\C=O. The minimum Gasteiger partial charge on any atom is -0.493 e. The second-order valence-corrected chi connectivity index (χ2v) is 6.45. The maximum Gasteiger partial charge on any atom is 0.143 e. The molecule has 0 N–H and O–H groups in total. The van der Waals surface area contributed by atoms with E-state index in [-0.39, 0.29) is 5.41 Å². The van der Waals surface area contributed by atoms with Gasteiger partial charge in [-0.2, -0.15) is 0 Å². The number of carbonyl (C=O) groups is 1. The van der Waals surface area contributed by atoms with Crippen LogP contribution >= 0.6 is 0 Å². The topological polar surface area (TPSA) is 26.3 Å². The zero-order valence-electron chi connectivity index (χ0n) is 13.8. The molecule has 0 saturated carbocycles. The molecule has 2 heteroatoms. The number of ether oxygens (including phenoxy) is 1. The van der Waals surface area contributed by atoms with Crippen molar-refractivity contribution in [2.45, 2.75) is 39.5 Å². The Kier molecular flexibility index (Phi) is 5.02. The second kappa shape index (κ2) is 6.78. The Hall–Kier alpha value is -2.09. The average Bonchev–Trinajstić information content (AvgIpc) is 2.47. The van der Waals surface area contributed by atoms with Crippen molar-refractivity contribution >= 4 is 11.9 Å². The first-order chi connectivity index (χ1) is 10.4. The van der Waals surface area contributed by atoms with E-state index in [1.165, 1.54) is 16.7 Å². The summed E-state index contributed by atoms with van der Waals surface area (Å²) in [6.45, 7) is 9.34. The third-order valence-electron chi connectivity index (χ3n) is 4.18. The minimum absolute atomic E-state index is 0.156. The molecule has 22 heavy (non-hydrogen) atoms. The number of hydrogen-bond donors (Lipinski definition) is 0. The number of carbonyl (C=O) groups excluding carboxylic acids is 1. The highest BCUT2D eigenvalue weighted by Gasteiger charge is 2.28. The van der Waals surface area contributed by atoms with Crippen LogP contribution in [0.25, 0.3) is 5.57 Å². The van der Waals surface area contributed by atoms with E-state index in [0.717, 1.165) is 30.6 Å². The summed E-state index contributed by atoms with van der Waals surface area (Å²) in [5, 5.41) is 0. The molecule has 1 aromatic carbocycles. The van der Waals surface area contributed by atoms with Crippen molar-refractivity contribution in [1.29, 1.82) is 0 Å². The predicted octanol–water partition coefficient (Wildman–Crippen LogP) is 4.85. The largest absolute Gasteiger partial charge is 0.493 e. The Morgan fingerprint density at radius 1 is 1.23 bits per heavy atom. The van der Waals surface area contributed by atoms with Gasteiger partial charge in [-0.3, -0.25) is 4.79 Å². The zero-order chi connectivity index (χ0) is 16.2. The number of fused-ring (bicyclic) bond motifs is 1. The van der Waals surface area contributed by atoms with Gasteiger partial charge in [0, 0.05) is 5.56 Å². The fourth-order valence-corrected chi connectivity index (χ4v) is 2.58. The standard InChI is InChI=1S/C20H24O2/c1-15(10-12-21)6-5-7-16(2)17-8-9-19-18(14-17)20(3,4)11-13-22-19/h5-10,12,14H,11,13H2,1-4H3/b6-5+,15-10+,16-7+. The monoisotopic (exact) mass is 296 g/mol. The van der Waals surface area contributed by atoms with E-state index in [2.05, 4.69) is 45.0 Å². The molecule has 2 nitrogen and oxygen atoms in total. The van der Waals surface area contributed by atoms with Crippen LogP contribution in [0.1, 0.15) is 45.2 Å². The van der Waals surface area contributed by atoms with E-state index < -0.39 is 0 Å². The molecule has 0 spiro atoms. The molecule has 0 unspecified atom stereocenters. The first-order valence-electron chi connectivity index (χ1n) is 7.69. The van der Waals surface area contributed by atoms with Crippen LogP contribution in [0.3, 0.4) is 0 Å². The Balaban J connectivity index is 2.26. The van der Waals surface area contributed by atoms with Crippen LogP contribution in [0.15, 0.2) is 48.1 Å². The van der Waals surface area contributed by atoms with Crippen molar-refractivity contribution in [3.05, 3.63) is 59.2 Å². The third kappa shape index (κ3) is 3.76. The average molecular weight is 296 g/mol. The van der Waals surface area contributed by atoms with Crippen LogP contribution < -0.4 is 4.74 Å². The molecule has 0 bridgehead atoms. The van der Waals surface area contributed by atoms with Crippen molar-refractivity contribution in [2.75, 3.05) is 6.61 Å². The van der Waals surface area contributed by atoms with Crippen molar-refractivity contribution in [2.24, 2.45) is 0 Å². The van der Waals surface area contributed by atoms with Crippen molar-refractivity contribution < 1.29 is 9.53 Å². The Morgan fingerprint density at radius 2 is 2.00 bits per heavy atom. The maximum atomic E-state index is 10.4. The van der Waals surface area contributed by atoms with Crippen LogP contribution in [0.4, 0.5) is 0 Å². The van der Waals surface area contributed by atoms with E-state index in [9.17, 15) is 4.79 Å². The summed E-state index contributed by atoms with van der Waals surface area (Å²) >= 11 is 0. The molecular weight excluding hydrogens is 272 g/mol. The van der Waals surface area contributed by atoms with E-state index in [4.69, 9.17) is 4.74 Å². The lowest BCUT2D eigenvalue weighted by molar-refractivity contribution is -0.104. The van der Waals surface area contributed by atoms with Gasteiger partial charge >= 0.3 is 0 Å². The molecular formula is C20H24O2. The van der Waals surface area contributed by atoms with Crippen molar-refractivity contribution in [1.82, 2.24) is 0 Å². The van der Waals surface area contributed by atoms with Gasteiger partial charge in [0.25, 0.3) is 0 Å². The number of aldehydes is 1. The van der Waals surface area contributed by atoms with Crippen LogP contribution in [0.2, 0.25) is 0 Å². The number of benzene rings is 1. The highest BCUT2D eigenvalue weighted by Crippen LogP contribution is 2.39. The maximum absolute atomic E-state index is 10.4. The van der Waals surface area contributed by atoms with E-state index in [0.29, 0.717) is 0 Å². The molecule has 0 aliphatic carbocycles. The molecule has 1 aromatic rings. The first kappa shape index (κ1) is 16.3. The minimum atomic E-state index is 0.156. The van der Waals surface area contributed by atoms with E-state index in [1.807, 2.05) is 19.1 Å². The third-order valence-corrected chi connectivity index (χ3v) is 4.18. The number of allylic oxidation sites excluding steroid dienone is 6. The molecule has 1 heterocycles. The van der Waals surface area contributed by atoms with Gasteiger partial charge in [0.15, 0.2) is 0 Å². The van der Waals surface area contributed by atoms with Gasteiger partial charge in [-0.15, -0.1) is 0 Å². The van der Waals surface area contributed by atoms with Crippen LogP contribution in [0, 0.1) is 0 Å². The second-order valence-electron chi connectivity index (χ2n) is 6.45. The van der Waals surface area contributed by atoms with Crippen LogP contribution in [-0.2, 0) is 10.2 Å². The molecule has 0 fully saturated rings. The fourth-order valence-electron chi connectivity index (χ4n) is 2.58. The molecule has 116 valence electrons. The van der Waals surface area contributed by atoms with Gasteiger partial charge in [-0.25, -0.2) is 0 Å². The molecule has 0 atom stereocenters. The van der Waals surface area contributed by atoms with Gasteiger partial charge < -0.3 is 4.74 Å². The molecule has 0 aromatic heterocycles. The molecule has 1 aliphatic rings. The van der Waals surface area contributed by atoms with E-state index >= 15 is 0 Å². The molecule has 0 radical (unpaired) electrons. The summed E-state index contributed by atoms with van der Waals surface area (Å²) < 4.78 is 5.76. The summed E-state index contributed by atoms with van der Waals surface area (Å²) in [4.78, 5) is 10.4. The smallest absolute Gasteiger partial charge is 0.143 e. The predicted molar refractivity (Wildman–Crippen MR) is 92.2 cm³/mol. The van der Waals surface area contributed by atoms with Gasteiger partial charge in [-0.05, 0) is 60.6 Å². The lowest BCUT2D eigenvalue weighted by atomic mass is 9.79. The summed E-state index contributed by atoms with van der Waals surface area (Å²) in [5.41, 5.74) is 4.78. The van der Waals surface area contributed by atoms with E-state index in [1.54, 1.807) is 6.08 Å². The molecule has 0 saturated heterocycles. The Labute approximate surface area is 133 Å². The van der Waals surface area contributed by atoms with Crippen LogP contribution in [-0.4, -0.2) is 12.9 Å². The highest BCUT2D eigenvalue weighted by atomic mass is 16.5. The fraction of sp³-hybridized carbons (Fsp3) is 0.350. The highest BCUT2D eigenvalue weighted by molar-refractivity contribution is 5.69. The summed E-state index contributed by atoms with van der Waals surface area (Å²) in [6.07, 6.45) is 9.39. The Morgan fingerprint density at radius 3 is 2.73 bits per heavy atom. The quantitative estimate of drug-likeness (QED) is 0.451.